The number of hydrogen-bond donors (Lipinski definition) is 2. The van der Waals surface area contributed by atoms with Gasteiger partial charge in [-0.2, -0.15) is 0 Å². The van der Waals surface area contributed by atoms with E-state index in [0.717, 1.165) is 18.7 Å². The maximum absolute atomic E-state index is 13.6. The number of benzene rings is 2. The van der Waals surface area contributed by atoms with E-state index in [4.69, 9.17) is 9.47 Å². The van der Waals surface area contributed by atoms with Gasteiger partial charge in [-0.05, 0) is 29.8 Å². The number of ether oxygens (including phenoxy) is 2. The van der Waals surface area contributed by atoms with E-state index in [-0.39, 0.29) is 36.7 Å². The van der Waals surface area contributed by atoms with Gasteiger partial charge in [0.25, 0.3) is 0 Å². The van der Waals surface area contributed by atoms with E-state index in [0.29, 0.717) is 36.9 Å². The topological polar surface area (TPSA) is 62.8 Å². The van der Waals surface area contributed by atoms with E-state index in [1.54, 1.807) is 24.3 Å². The summed E-state index contributed by atoms with van der Waals surface area (Å²) in [5.41, 5.74) is 1.54. The summed E-state index contributed by atoms with van der Waals surface area (Å²) in [6, 6.07) is 11.9. The molecule has 1 fully saturated rings. The first-order valence-electron chi connectivity index (χ1n) is 9.09. The fourth-order valence-corrected chi connectivity index (χ4v) is 3.48. The molecule has 1 unspecified atom stereocenters. The van der Waals surface area contributed by atoms with Gasteiger partial charge in [0.2, 0.25) is 5.91 Å². The van der Waals surface area contributed by atoms with Crippen molar-refractivity contribution in [3.63, 3.8) is 0 Å². The van der Waals surface area contributed by atoms with Crippen LogP contribution in [0.15, 0.2) is 42.5 Å². The summed E-state index contributed by atoms with van der Waals surface area (Å²) >= 11 is 0. The van der Waals surface area contributed by atoms with Crippen molar-refractivity contribution in [3.05, 3.63) is 53.8 Å². The van der Waals surface area contributed by atoms with Gasteiger partial charge in [0.1, 0.15) is 19.0 Å². The van der Waals surface area contributed by atoms with Crippen LogP contribution in [0, 0.1) is 5.82 Å². The molecule has 0 aliphatic carbocycles. The molecule has 1 saturated heterocycles. The third kappa shape index (κ3) is 4.73. The summed E-state index contributed by atoms with van der Waals surface area (Å²) in [6.07, 6.45) is 0. The van der Waals surface area contributed by atoms with Crippen molar-refractivity contribution in [2.45, 2.75) is 6.04 Å². The van der Waals surface area contributed by atoms with Gasteiger partial charge in [-0.15, -0.1) is 12.4 Å². The van der Waals surface area contributed by atoms with Gasteiger partial charge < -0.3 is 20.1 Å². The molecule has 8 heteroatoms. The van der Waals surface area contributed by atoms with Crippen molar-refractivity contribution in [1.82, 2.24) is 10.2 Å². The zero-order valence-electron chi connectivity index (χ0n) is 15.3. The van der Waals surface area contributed by atoms with Crippen LogP contribution in [0.2, 0.25) is 0 Å². The number of amides is 1. The molecular weight excluding hydrogens is 385 g/mol. The summed E-state index contributed by atoms with van der Waals surface area (Å²) in [5, 5.41) is 6.23. The largest absolute Gasteiger partial charge is 0.486 e. The van der Waals surface area contributed by atoms with E-state index in [1.807, 2.05) is 6.07 Å². The zero-order chi connectivity index (χ0) is 18.6. The van der Waals surface area contributed by atoms with Crippen LogP contribution in [0.25, 0.3) is 0 Å². The number of carbonyl (C=O) groups excluding carboxylic acids is 1. The minimum Gasteiger partial charge on any atom is -0.486 e. The van der Waals surface area contributed by atoms with Crippen molar-refractivity contribution in [2.24, 2.45) is 0 Å². The Kier molecular flexibility index (Phi) is 6.72. The lowest BCUT2D eigenvalue weighted by Gasteiger charge is -2.36. The van der Waals surface area contributed by atoms with Crippen LogP contribution in [-0.4, -0.2) is 50.2 Å². The highest BCUT2D eigenvalue weighted by atomic mass is 35.5. The third-order valence-corrected chi connectivity index (χ3v) is 4.76. The van der Waals surface area contributed by atoms with Crippen LogP contribution in [0.1, 0.15) is 11.6 Å². The SMILES string of the molecule is Cl.O=C(CN1CCNCC1c1cccc(F)c1)Nc1ccc2c(c1)OCCO2. The van der Waals surface area contributed by atoms with Gasteiger partial charge in [-0.25, -0.2) is 4.39 Å². The van der Waals surface area contributed by atoms with Crippen LogP contribution in [0.4, 0.5) is 10.1 Å². The average molecular weight is 408 g/mol. The molecule has 2 N–H and O–H groups in total. The van der Waals surface area contributed by atoms with Gasteiger partial charge in [0, 0.05) is 37.4 Å². The molecule has 150 valence electrons. The van der Waals surface area contributed by atoms with Crippen molar-refractivity contribution >= 4 is 24.0 Å². The Labute approximate surface area is 169 Å². The number of halogens is 2. The summed E-state index contributed by atoms with van der Waals surface area (Å²) in [5.74, 6) is 0.945. The van der Waals surface area contributed by atoms with Gasteiger partial charge in [-0.3, -0.25) is 9.69 Å². The minimum absolute atomic E-state index is 0. The average Bonchev–Trinajstić information content (AvgIpc) is 2.68. The predicted octanol–water partition coefficient (Wildman–Crippen LogP) is 2.60. The molecule has 0 radical (unpaired) electrons. The molecule has 0 bridgehead atoms. The molecule has 2 aliphatic heterocycles. The second kappa shape index (κ2) is 9.23. The number of anilines is 1. The minimum atomic E-state index is -0.265. The summed E-state index contributed by atoms with van der Waals surface area (Å²) in [4.78, 5) is 14.6. The molecule has 0 aromatic heterocycles. The highest BCUT2D eigenvalue weighted by Crippen LogP contribution is 2.32. The Morgan fingerprint density at radius 3 is 2.82 bits per heavy atom. The molecule has 2 aromatic rings. The second-order valence-electron chi connectivity index (χ2n) is 6.65. The summed E-state index contributed by atoms with van der Waals surface area (Å²) in [7, 11) is 0. The van der Waals surface area contributed by atoms with Crippen molar-refractivity contribution in [2.75, 3.05) is 44.7 Å². The molecule has 2 heterocycles. The molecule has 28 heavy (non-hydrogen) atoms. The number of piperazine rings is 1. The Morgan fingerprint density at radius 1 is 1.18 bits per heavy atom. The van der Waals surface area contributed by atoms with Crippen LogP contribution in [0.3, 0.4) is 0 Å². The Bertz CT molecular complexity index is 836. The van der Waals surface area contributed by atoms with Crippen LogP contribution < -0.4 is 20.1 Å². The first-order valence-corrected chi connectivity index (χ1v) is 9.09. The van der Waals surface area contributed by atoms with Crippen molar-refractivity contribution in [1.29, 1.82) is 0 Å². The van der Waals surface area contributed by atoms with Crippen molar-refractivity contribution < 1.29 is 18.7 Å². The maximum Gasteiger partial charge on any atom is 0.238 e. The highest BCUT2D eigenvalue weighted by Gasteiger charge is 2.26. The monoisotopic (exact) mass is 407 g/mol. The Hall–Kier alpha value is -2.35. The smallest absolute Gasteiger partial charge is 0.238 e. The fourth-order valence-electron chi connectivity index (χ4n) is 3.48. The second-order valence-corrected chi connectivity index (χ2v) is 6.65. The van der Waals surface area contributed by atoms with E-state index in [1.165, 1.54) is 12.1 Å². The van der Waals surface area contributed by atoms with Gasteiger partial charge in [-0.1, -0.05) is 12.1 Å². The number of fused-ring (bicyclic) bond motifs is 1. The van der Waals surface area contributed by atoms with E-state index < -0.39 is 0 Å². The molecule has 1 atom stereocenters. The fraction of sp³-hybridized carbons (Fsp3) is 0.350. The standard InChI is InChI=1S/C20H22FN3O3.ClH/c21-15-3-1-2-14(10-15)17-12-22-6-7-24(17)13-20(25)23-16-4-5-18-19(11-16)27-9-8-26-18;/h1-5,10-11,17,22H,6-9,12-13H2,(H,23,25);1H. The number of nitrogens with one attached hydrogen (secondary N) is 2. The normalized spacial score (nSPS) is 18.8. The number of hydrogen-bond acceptors (Lipinski definition) is 5. The first kappa shape index (κ1) is 20.4. The lowest BCUT2D eigenvalue weighted by molar-refractivity contribution is -0.118. The van der Waals surface area contributed by atoms with Gasteiger partial charge in [0.05, 0.1) is 6.54 Å². The van der Waals surface area contributed by atoms with Crippen LogP contribution >= 0.6 is 12.4 Å². The van der Waals surface area contributed by atoms with Crippen LogP contribution in [0.5, 0.6) is 11.5 Å². The van der Waals surface area contributed by atoms with Gasteiger partial charge >= 0.3 is 0 Å². The van der Waals surface area contributed by atoms with E-state index >= 15 is 0 Å². The van der Waals surface area contributed by atoms with Gasteiger partial charge in [0.15, 0.2) is 11.5 Å². The maximum atomic E-state index is 13.6. The summed E-state index contributed by atoms with van der Waals surface area (Å²) < 4.78 is 24.6. The van der Waals surface area contributed by atoms with E-state index in [9.17, 15) is 9.18 Å². The zero-order valence-corrected chi connectivity index (χ0v) is 16.1. The molecular formula is C20H23ClFN3O3. The summed E-state index contributed by atoms with van der Waals surface area (Å²) in [6.45, 7) is 3.46. The van der Waals surface area contributed by atoms with Crippen molar-refractivity contribution in [3.8, 4) is 11.5 Å². The quantitative estimate of drug-likeness (QED) is 0.815. The number of carbonyl (C=O) groups is 1. The molecule has 4 rings (SSSR count). The molecule has 0 saturated carbocycles. The molecule has 2 aromatic carbocycles. The molecule has 0 spiro atoms. The van der Waals surface area contributed by atoms with E-state index in [2.05, 4.69) is 15.5 Å². The lowest BCUT2D eigenvalue weighted by atomic mass is 10.0. The van der Waals surface area contributed by atoms with Crippen LogP contribution in [-0.2, 0) is 4.79 Å². The Balaban J connectivity index is 0.00000225. The molecule has 6 nitrogen and oxygen atoms in total. The Morgan fingerprint density at radius 2 is 2.00 bits per heavy atom. The first-order chi connectivity index (χ1) is 13.2. The third-order valence-electron chi connectivity index (χ3n) is 4.76. The lowest BCUT2D eigenvalue weighted by Crippen LogP contribution is -2.48. The predicted molar refractivity (Wildman–Crippen MR) is 107 cm³/mol. The molecule has 1 amide bonds. The number of nitrogens with zero attached hydrogens (tertiary/aromatic N) is 1. The molecule has 2 aliphatic rings. The number of rotatable bonds is 4. The highest BCUT2D eigenvalue weighted by molar-refractivity contribution is 5.92.